The number of pyridine rings is 1. The molecule has 40 heavy (non-hydrogen) atoms. The monoisotopic (exact) mass is 568 g/mol. The van der Waals surface area contributed by atoms with E-state index in [2.05, 4.69) is 22.2 Å². The van der Waals surface area contributed by atoms with E-state index in [1.165, 1.54) is 0 Å². The fourth-order valence-electron chi connectivity index (χ4n) is 5.11. The van der Waals surface area contributed by atoms with Gasteiger partial charge in [0.1, 0.15) is 5.54 Å². The van der Waals surface area contributed by atoms with Crippen LogP contribution in [0.4, 0.5) is 0 Å². The molecule has 0 spiro atoms. The summed E-state index contributed by atoms with van der Waals surface area (Å²) in [4.78, 5) is 9.14. The number of aromatic nitrogens is 5. The summed E-state index contributed by atoms with van der Waals surface area (Å²) in [5.41, 5.74) is 12.3. The van der Waals surface area contributed by atoms with Crippen LogP contribution in [0.15, 0.2) is 97.7 Å². The Kier molecular flexibility index (Phi) is 6.80. The fourth-order valence-corrected chi connectivity index (χ4v) is 5.54. The third-order valence-corrected chi connectivity index (χ3v) is 7.92. The van der Waals surface area contributed by atoms with Crippen molar-refractivity contribution in [2.75, 3.05) is 7.11 Å². The van der Waals surface area contributed by atoms with Gasteiger partial charge in [0, 0.05) is 41.8 Å². The van der Waals surface area contributed by atoms with Gasteiger partial charge in [-0.2, -0.15) is 5.10 Å². The lowest BCUT2D eigenvalue weighted by molar-refractivity contribution is 0.395. The van der Waals surface area contributed by atoms with Gasteiger partial charge in [0.2, 0.25) is 5.88 Å². The second-order valence-corrected chi connectivity index (χ2v) is 10.5. The van der Waals surface area contributed by atoms with Gasteiger partial charge in [0.25, 0.3) is 0 Å². The standard InChI is InChI=1S/C31H26Cl2N6O/c1-38-19-35-18-28(38)31(34,21-6-9-23(32)10-7-21)22-8-13-27-25(17-22)29(33)26(30(37-27)40-2)16-20-4-11-24(12-5-20)39-15-3-14-36-39/h3-15,17-19H,16,34H2,1-2H3. The molecule has 0 aliphatic rings. The number of benzene rings is 3. The number of halogens is 2. The molecule has 6 rings (SSSR count). The lowest BCUT2D eigenvalue weighted by Crippen LogP contribution is -2.40. The molecule has 0 aliphatic carbocycles. The Morgan fingerprint density at radius 1 is 0.975 bits per heavy atom. The zero-order chi connectivity index (χ0) is 27.9. The number of rotatable bonds is 7. The third-order valence-electron chi connectivity index (χ3n) is 7.23. The van der Waals surface area contributed by atoms with E-state index in [0.717, 1.165) is 39.0 Å². The van der Waals surface area contributed by atoms with Crippen LogP contribution in [-0.2, 0) is 19.0 Å². The molecule has 0 radical (unpaired) electrons. The Hall–Kier alpha value is -4.17. The van der Waals surface area contributed by atoms with E-state index in [1.807, 2.05) is 83.2 Å². The minimum Gasteiger partial charge on any atom is -0.481 e. The number of nitrogens with zero attached hydrogens (tertiary/aromatic N) is 5. The van der Waals surface area contributed by atoms with Crippen molar-refractivity contribution < 1.29 is 4.74 Å². The average Bonchev–Trinajstić information content (AvgIpc) is 3.67. The topological polar surface area (TPSA) is 83.8 Å². The molecule has 1 unspecified atom stereocenters. The van der Waals surface area contributed by atoms with Crippen LogP contribution in [0, 0.1) is 0 Å². The van der Waals surface area contributed by atoms with Crippen LogP contribution >= 0.6 is 23.2 Å². The predicted octanol–water partition coefficient (Wildman–Crippen LogP) is 6.31. The summed E-state index contributed by atoms with van der Waals surface area (Å²) in [6.45, 7) is 0. The van der Waals surface area contributed by atoms with E-state index in [1.54, 1.807) is 25.8 Å². The van der Waals surface area contributed by atoms with Crippen LogP contribution in [0.25, 0.3) is 16.6 Å². The van der Waals surface area contributed by atoms with Crippen molar-refractivity contribution in [3.63, 3.8) is 0 Å². The van der Waals surface area contributed by atoms with Gasteiger partial charge >= 0.3 is 0 Å². The Balaban J connectivity index is 1.46. The second-order valence-electron chi connectivity index (χ2n) is 9.64. The minimum atomic E-state index is -1.02. The summed E-state index contributed by atoms with van der Waals surface area (Å²) in [7, 11) is 3.53. The molecule has 6 aromatic rings. The normalized spacial score (nSPS) is 12.9. The largest absolute Gasteiger partial charge is 0.481 e. The van der Waals surface area contributed by atoms with Gasteiger partial charge < -0.3 is 15.0 Å². The first-order chi connectivity index (χ1) is 19.4. The fraction of sp³-hybridized carbons (Fsp3) is 0.129. The molecule has 0 fully saturated rings. The van der Waals surface area contributed by atoms with Crippen LogP contribution in [0.2, 0.25) is 10.0 Å². The molecule has 0 saturated heterocycles. The third kappa shape index (κ3) is 4.52. The van der Waals surface area contributed by atoms with Crippen molar-refractivity contribution in [1.82, 2.24) is 24.3 Å². The molecule has 0 bridgehead atoms. The molecule has 0 saturated carbocycles. The number of fused-ring (bicyclic) bond motifs is 1. The number of imidazole rings is 1. The van der Waals surface area contributed by atoms with Crippen LogP contribution < -0.4 is 10.5 Å². The summed E-state index contributed by atoms with van der Waals surface area (Å²) in [5, 5.41) is 6.29. The second kappa shape index (κ2) is 10.4. The minimum absolute atomic E-state index is 0.491. The van der Waals surface area contributed by atoms with Crippen molar-refractivity contribution in [1.29, 1.82) is 0 Å². The molecule has 9 heteroatoms. The smallest absolute Gasteiger partial charge is 0.218 e. The Bertz CT molecular complexity index is 1800. The molecule has 1 atom stereocenters. The maximum Gasteiger partial charge on any atom is 0.218 e. The highest BCUT2D eigenvalue weighted by Crippen LogP contribution is 2.39. The van der Waals surface area contributed by atoms with E-state index in [9.17, 15) is 0 Å². The van der Waals surface area contributed by atoms with E-state index in [4.69, 9.17) is 38.7 Å². The maximum atomic E-state index is 7.27. The van der Waals surface area contributed by atoms with Crippen LogP contribution in [0.5, 0.6) is 5.88 Å². The number of hydrogen-bond acceptors (Lipinski definition) is 5. The summed E-state index contributed by atoms with van der Waals surface area (Å²) in [5.74, 6) is 0.491. The van der Waals surface area contributed by atoms with Crippen molar-refractivity contribution in [2.45, 2.75) is 12.0 Å². The first kappa shape index (κ1) is 26.1. The van der Waals surface area contributed by atoms with Gasteiger partial charge in [-0.3, -0.25) is 0 Å². The zero-order valence-electron chi connectivity index (χ0n) is 21.9. The van der Waals surface area contributed by atoms with Crippen molar-refractivity contribution in [3.8, 4) is 11.6 Å². The van der Waals surface area contributed by atoms with E-state index in [-0.39, 0.29) is 0 Å². The number of nitrogens with two attached hydrogens (primary N) is 1. The number of hydrogen-bond donors (Lipinski definition) is 1. The quantitative estimate of drug-likeness (QED) is 0.244. The number of ether oxygens (including phenoxy) is 1. The molecule has 200 valence electrons. The molecule has 2 N–H and O–H groups in total. The lowest BCUT2D eigenvalue weighted by atomic mass is 9.80. The lowest BCUT2D eigenvalue weighted by Gasteiger charge is -2.31. The van der Waals surface area contributed by atoms with Gasteiger partial charge in [-0.15, -0.1) is 0 Å². The van der Waals surface area contributed by atoms with Gasteiger partial charge in [-0.1, -0.05) is 53.5 Å². The van der Waals surface area contributed by atoms with Crippen molar-refractivity contribution in [2.24, 2.45) is 12.8 Å². The van der Waals surface area contributed by atoms with E-state index in [0.29, 0.717) is 27.9 Å². The molecule has 0 amide bonds. The zero-order valence-corrected chi connectivity index (χ0v) is 23.4. The maximum absolute atomic E-state index is 7.27. The Labute approximate surface area is 241 Å². The molecule has 7 nitrogen and oxygen atoms in total. The van der Waals surface area contributed by atoms with Crippen LogP contribution in [0.1, 0.15) is 27.9 Å². The average molecular weight is 569 g/mol. The highest BCUT2D eigenvalue weighted by atomic mass is 35.5. The van der Waals surface area contributed by atoms with Gasteiger partial charge in [-0.25, -0.2) is 14.6 Å². The Morgan fingerprint density at radius 3 is 2.38 bits per heavy atom. The molecular weight excluding hydrogens is 543 g/mol. The van der Waals surface area contributed by atoms with E-state index >= 15 is 0 Å². The summed E-state index contributed by atoms with van der Waals surface area (Å²) >= 11 is 13.3. The summed E-state index contributed by atoms with van der Waals surface area (Å²) in [6, 6.07) is 23.5. The van der Waals surface area contributed by atoms with Crippen LogP contribution in [-0.4, -0.2) is 31.4 Å². The molecule has 3 heterocycles. The summed E-state index contributed by atoms with van der Waals surface area (Å²) in [6.07, 6.45) is 7.73. The van der Waals surface area contributed by atoms with Crippen molar-refractivity contribution >= 4 is 34.1 Å². The highest BCUT2D eigenvalue weighted by molar-refractivity contribution is 6.36. The van der Waals surface area contributed by atoms with Gasteiger partial charge in [0.15, 0.2) is 0 Å². The predicted molar refractivity (Wildman–Crippen MR) is 158 cm³/mol. The number of methoxy groups -OCH3 is 1. The SMILES string of the molecule is COc1nc2ccc(C(N)(c3ccc(Cl)cc3)c3cncn3C)cc2c(Cl)c1Cc1ccc(-n2cccn2)cc1. The summed E-state index contributed by atoms with van der Waals surface area (Å²) < 4.78 is 9.42. The first-order valence-electron chi connectivity index (χ1n) is 12.7. The first-order valence-corrected chi connectivity index (χ1v) is 13.4. The highest BCUT2D eigenvalue weighted by Gasteiger charge is 2.35. The molecular formula is C31H26Cl2N6O. The molecule has 0 aliphatic heterocycles. The van der Waals surface area contributed by atoms with Crippen LogP contribution in [0.3, 0.4) is 0 Å². The number of aryl methyl sites for hydroxylation is 1. The molecule has 3 aromatic heterocycles. The van der Waals surface area contributed by atoms with Crippen molar-refractivity contribution in [3.05, 3.63) is 136 Å². The van der Waals surface area contributed by atoms with E-state index < -0.39 is 5.54 Å². The Morgan fingerprint density at radius 2 is 1.73 bits per heavy atom. The van der Waals surface area contributed by atoms with Gasteiger partial charge in [0.05, 0.1) is 41.6 Å². The van der Waals surface area contributed by atoms with Gasteiger partial charge in [-0.05, 0) is 59.2 Å². The molecule has 3 aromatic carbocycles.